The summed E-state index contributed by atoms with van der Waals surface area (Å²) in [4.78, 5) is 11.5. The number of carbonyl (C=O) groups is 1. The Balaban J connectivity index is 0.000000861. The lowest BCUT2D eigenvalue weighted by Crippen LogP contribution is -2.34. The van der Waals surface area contributed by atoms with Crippen LogP contribution in [0.25, 0.3) is 0 Å². The highest BCUT2D eigenvalue weighted by molar-refractivity contribution is 5.91. The maximum Gasteiger partial charge on any atom is 0.343 e. The van der Waals surface area contributed by atoms with Crippen LogP contribution in [0.2, 0.25) is 0 Å². The van der Waals surface area contributed by atoms with Crippen LogP contribution in [0.1, 0.15) is 24.3 Å². The molecule has 2 amide bonds. The van der Waals surface area contributed by atoms with Crippen molar-refractivity contribution in [2.75, 3.05) is 19.1 Å². The van der Waals surface area contributed by atoms with E-state index in [0.717, 1.165) is 23.4 Å². The number of hydrogen-bond donors (Lipinski definition) is 3. The topological polar surface area (TPSA) is 94.6 Å². The van der Waals surface area contributed by atoms with Gasteiger partial charge in [-0.05, 0) is 49.6 Å². The predicted molar refractivity (Wildman–Crippen MR) is 70.6 cm³/mol. The van der Waals surface area contributed by atoms with Crippen molar-refractivity contribution in [3.63, 3.8) is 0 Å². The molecule has 0 heterocycles. The molecular weight excluding hydrogens is 249 g/mol. The molecule has 7 heteroatoms. The largest absolute Gasteiger partial charge is 0.343 e. The first-order valence-electron chi connectivity index (χ1n) is 5.93. The minimum Gasteiger partial charge on any atom is -0.339 e. The fourth-order valence-electron chi connectivity index (χ4n) is 1.75. The van der Waals surface area contributed by atoms with Crippen LogP contribution in [0.5, 0.6) is 0 Å². The summed E-state index contributed by atoms with van der Waals surface area (Å²) in [5.41, 5.74) is 12.8. The SMILES string of the molecule is CN.CNC(=O)N(N=N)c1ccc(F)cc1C1CC1. The lowest BCUT2D eigenvalue weighted by Gasteiger charge is -2.18. The molecule has 0 bridgehead atoms. The maximum atomic E-state index is 13.2. The second kappa shape index (κ2) is 6.79. The van der Waals surface area contributed by atoms with Gasteiger partial charge in [0.1, 0.15) is 5.82 Å². The van der Waals surface area contributed by atoms with E-state index in [1.165, 1.54) is 32.3 Å². The van der Waals surface area contributed by atoms with Crippen LogP contribution in [0.3, 0.4) is 0 Å². The Bertz CT molecular complexity index is 461. The molecule has 0 aromatic heterocycles. The van der Waals surface area contributed by atoms with E-state index in [1.54, 1.807) is 0 Å². The van der Waals surface area contributed by atoms with Crippen LogP contribution in [0.4, 0.5) is 14.9 Å². The Morgan fingerprint density at radius 3 is 2.63 bits per heavy atom. The summed E-state index contributed by atoms with van der Waals surface area (Å²) in [5, 5.41) is 6.51. The molecule has 1 aromatic carbocycles. The van der Waals surface area contributed by atoms with Crippen LogP contribution >= 0.6 is 0 Å². The maximum absolute atomic E-state index is 13.2. The smallest absolute Gasteiger partial charge is 0.339 e. The molecule has 1 aromatic rings. The highest BCUT2D eigenvalue weighted by Crippen LogP contribution is 2.44. The van der Waals surface area contributed by atoms with Gasteiger partial charge in [-0.25, -0.2) is 9.18 Å². The summed E-state index contributed by atoms with van der Waals surface area (Å²) in [5.74, 6) is -0.0629. The number of nitrogens with zero attached hydrogens (tertiary/aromatic N) is 2. The third-order valence-electron chi connectivity index (χ3n) is 2.74. The number of amides is 2. The van der Waals surface area contributed by atoms with Crippen molar-refractivity contribution in [3.05, 3.63) is 29.6 Å². The van der Waals surface area contributed by atoms with Crippen LogP contribution in [0.15, 0.2) is 23.4 Å². The van der Waals surface area contributed by atoms with E-state index in [9.17, 15) is 9.18 Å². The van der Waals surface area contributed by atoms with Gasteiger partial charge in [0, 0.05) is 7.05 Å². The van der Waals surface area contributed by atoms with Gasteiger partial charge in [0.2, 0.25) is 0 Å². The van der Waals surface area contributed by atoms with Gasteiger partial charge in [-0.15, -0.1) is 0 Å². The molecule has 4 N–H and O–H groups in total. The van der Waals surface area contributed by atoms with Crippen molar-refractivity contribution in [2.45, 2.75) is 18.8 Å². The van der Waals surface area contributed by atoms with Crippen molar-refractivity contribution in [3.8, 4) is 0 Å². The number of rotatable bonds is 3. The average Bonchev–Trinajstić information content (AvgIpc) is 3.27. The quantitative estimate of drug-likeness (QED) is 0.579. The normalized spacial score (nSPS) is 13.1. The fourth-order valence-corrected chi connectivity index (χ4v) is 1.75. The van der Waals surface area contributed by atoms with Gasteiger partial charge in [0.05, 0.1) is 5.69 Å². The molecule has 1 aliphatic rings. The van der Waals surface area contributed by atoms with Gasteiger partial charge in [0.25, 0.3) is 0 Å². The summed E-state index contributed by atoms with van der Waals surface area (Å²) >= 11 is 0. The van der Waals surface area contributed by atoms with E-state index >= 15 is 0 Å². The van der Waals surface area contributed by atoms with Crippen LogP contribution < -0.4 is 16.1 Å². The van der Waals surface area contributed by atoms with E-state index in [2.05, 4.69) is 16.3 Å². The number of nitrogens with two attached hydrogens (primary N) is 1. The molecule has 1 aliphatic carbocycles. The van der Waals surface area contributed by atoms with Crippen LogP contribution in [-0.2, 0) is 0 Å². The zero-order valence-electron chi connectivity index (χ0n) is 11.0. The first-order chi connectivity index (χ1) is 9.17. The zero-order valence-corrected chi connectivity index (χ0v) is 11.0. The van der Waals surface area contributed by atoms with Gasteiger partial charge < -0.3 is 11.1 Å². The molecule has 2 rings (SSSR count). The minimum absolute atomic E-state index is 0.273. The molecule has 0 radical (unpaired) electrons. The Hall–Kier alpha value is -2.02. The minimum atomic E-state index is -0.506. The Kier molecular flexibility index (Phi) is 5.37. The highest BCUT2D eigenvalue weighted by atomic mass is 19.1. The van der Waals surface area contributed by atoms with Crippen molar-refractivity contribution in [2.24, 2.45) is 11.0 Å². The van der Waals surface area contributed by atoms with Crippen molar-refractivity contribution in [1.29, 1.82) is 5.53 Å². The monoisotopic (exact) mass is 267 g/mol. The Morgan fingerprint density at radius 2 is 2.16 bits per heavy atom. The second-order valence-electron chi connectivity index (χ2n) is 3.94. The second-order valence-corrected chi connectivity index (χ2v) is 3.94. The highest BCUT2D eigenvalue weighted by Gasteiger charge is 2.29. The average molecular weight is 267 g/mol. The Morgan fingerprint density at radius 1 is 1.53 bits per heavy atom. The van der Waals surface area contributed by atoms with Gasteiger partial charge in [-0.1, -0.05) is 5.22 Å². The van der Waals surface area contributed by atoms with E-state index in [0.29, 0.717) is 5.69 Å². The van der Waals surface area contributed by atoms with Crippen molar-refractivity contribution >= 4 is 11.7 Å². The van der Waals surface area contributed by atoms with E-state index in [1.807, 2.05) is 0 Å². The van der Waals surface area contributed by atoms with Gasteiger partial charge >= 0.3 is 6.03 Å². The standard InChI is InChI=1S/C11H13FN4O.CH5N/c1-14-11(17)16(15-13)10-5-4-8(12)6-9(10)7-2-3-7;1-2/h4-7,13H,2-3H2,1H3,(H,14,17);2H2,1H3. The number of halogens is 1. The third kappa shape index (κ3) is 3.47. The van der Waals surface area contributed by atoms with Gasteiger partial charge in [-0.3, -0.25) is 0 Å². The van der Waals surface area contributed by atoms with E-state index < -0.39 is 6.03 Å². The first-order valence-corrected chi connectivity index (χ1v) is 5.93. The number of benzene rings is 1. The van der Waals surface area contributed by atoms with Gasteiger partial charge in [-0.2, -0.15) is 10.5 Å². The van der Waals surface area contributed by atoms with Crippen molar-refractivity contribution < 1.29 is 9.18 Å². The van der Waals surface area contributed by atoms with E-state index in [-0.39, 0.29) is 11.7 Å². The molecule has 0 unspecified atom stereocenters. The lowest BCUT2D eigenvalue weighted by molar-refractivity contribution is 0.248. The predicted octanol–water partition coefficient (Wildman–Crippen LogP) is 2.37. The molecule has 0 atom stereocenters. The molecule has 0 saturated heterocycles. The first kappa shape index (κ1) is 15.0. The molecule has 104 valence electrons. The molecule has 0 aliphatic heterocycles. The number of carbonyl (C=O) groups excluding carboxylic acids is 1. The number of anilines is 1. The molecule has 1 fully saturated rings. The fraction of sp³-hybridized carbons (Fsp3) is 0.417. The molecule has 0 spiro atoms. The lowest BCUT2D eigenvalue weighted by atomic mass is 10.1. The molecule has 1 saturated carbocycles. The number of hydrogen-bond acceptors (Lipinski definition) is 4. The van der Waals surface area contributed by atoms with E-state index in [4.69, 9.17) is 5.53 Å². The summed E-state index contributed by atoms with van der Waals surface area (Å²) in [6.45, 7) is 0. The molecule has 19 heavy (non-hydrogen) atoms. The zero-order chi connectivity index (χ0) is 14.4. The molecule has 6 nitrogen and oxygen atoms in total. The number of nitrogens with one attached hydrogen (secondary N) is 2. The summed E-state index contributed by atoms with van der Waals surface area (Å²) in [7, 11) is 2.96. The summed E-state index contributed by atoms with van der Waals surface area (Å²) < 4.78 is 13.2. The number of urea groups is 1. The third-order valence-corrected chi connectivity index (χ3v) is 2.74. The summed E-state index contributed by atoms with van der Waals surface area (Å²) in [6, 6.07) is 3.65. The summed E-state index contributed by atoms with van der Waals surface area (Å²) in [6.07, 6.45) is 1.96. The Labute approximate surface area is 111 Å². The molecular formula is C12H18FN5O. The van der Waals surface area contributed by atoms with Crippen molar-refractivity contribution in [1.82, 2.24) is 5.32 Å². The van der Waals surface area contributed by atoms with Gasteiger partial charge in [0.15, 0.2) is 0 Å². The van der Waals surface area contributed by atoms with Crippen LogP contribution in [-0.4, -0.2) is 20.1 Å². The van der Waals surface area contributed by atoms with Crippen LogP contribution in [0, 0.1) is 11.3 Å².